The van der Waals surface area contributed by atoms with E-state index >= 15 is 0 Å². The average molecular weight is 558 g/mol. The van der Waals surface area contributed by atoms with Crippen LogP contribution in [-0.2, 0) is 21.2 Å². The van der Waals surface area contributed by atoms with E-state index < -0.39 is 28.0 Å². The number of carbonyl (C=O) groups is 3. The lowest BCUT2D eigenvalue weighted by atomic mass is 10.1. The van der Waals surface area contributed by atoms with E-state index in [-0.39, 0.29) is 40.4 Å². The Balaban J connectivity index is 1.58. The van der Waals surface area contributed by atoms with Crippen LogP contribution in [0, 0.1) is 5.82 Å². The second kappa shape index (κ2) is 13.5. The lowest BCUT2D eigenvalue weighted by Gasteiger charge is -2.13. The van der Waals surface area contributed by atoms with Gasteiger partial charge in [-0.3, -0.25) is 9.59 Å². The van der Waals surface area contributed by atoms with Gasteiger partial charge in [-0.05, 0) is 61.2 Å². The second-order valence-corrected chi connectivity index (χ2v) is 10.1. The van der Waals surface area contributed by atoms with Crippen LogP contribution in [0.25, 0.3) is 0 Å². The first-order chi connectivity index (χ1) is 18.6. The number of nitrogens with zero attached hydrogens (tertiary/aromatic N) is 1. The third-order valence-electron chi connectivity index (χ3n) is 5.61. The van der Waals surface area contributed by atoms with Crippen molar-refractivity contribution in [3.8, 4) is 5.88 Å². The molecule has 39 heavy (non-hydrogen) atoms. The fourth-order valence-corrected chi connectivity index (χ4v) is 4.41. The van der Waals surface area contributed by atoms with Crippen LogP contribution in [0.4, 0.5) is 9.18 Å². The molecule has 0 aliphatic heterocycles. The minimum atomic E-state index is -4.33. The number of benzene rings is 2. The highest BCUT2D eigenvalue weighted by Gasteiger charge is 2.21. The first-order valence-corrected chi connectivity index (χ1v) is 13.6. The van der Waals surface area contributed by atoms with Crippen molar-refractivity contribution in [3.05, 3.63) is 89.4 Å². The number of hydrogen-bond donors (Lipinski definition) is 2. The van der Waals surface area contributed by atoms with Crippen LogP contribution >= 0.6 is 0 Å². The molecule has 0 spiro atoms. The van der Waals surface area contributed by atoms with Gasteiger partial charge in [-0.25, -0.2) is 27.3 Å². The molecular formula is C27H28FN3O7S. The van der Waals surface area contributed by atoms with E-state index in [2.05, 4.69) is 10.3 Å². The molecule has 0 atom stereocenters. The molecule has 1 aromatic heterocycles. The molecule has 206 valence electrons. The molecule has 3 rings (SSSR count). The zero-order valence-corrected chi connectivity index (χ0v) is 22.2. The molecule has 0 radical (unpaired) electrons. The molecule has 2 N–H and O–H groups in total. The normalized spacial score (nSPS) is 11.1. The largest absolute Gasteiger partial charge is 0.515 e. The van der Waals surface area contributed by atoms with Gasteiger partial charge in [0.25, 0.3) is 21.8 Å². The van der Waals surface area contributed by atoms with Gasteiger partial charge in [-0.15, -0.1) is 0 Å². The van der Waals surface area contributed by atoms with Crippen LogP contribution in [0.1, 0.15) is 53.0 Å². The number of hydrogen-bond acceptors (Lipinski definition) is 8. The summed E-state index contributed by atoms with van der Waals surface area (Å²) in [6.45, 7) is 3.98. The van der Waals surface area contributed by atoms with Crippen LogP contribution < -0.4 is 14.8 Å². The van der Waals surface area contributed by atoms with Gasteiger partial charge in [-0.2, -0.15) is 0 Å². The molecule has 0 unspecified atom stereocenters. The number of halogens is 1. The number of aromatic nitrogens is 1. The summed E-state index contributed by atoms with van der Waals surface area (Å²) >= 11 is 0. The molecule has 0 fully saturated rings. The molecule has 1 heterocycles. The summed E-state index contributed by atoms with van der Waals surface area (Å²) in [5, 5.41) is 2.67. The predicted octanol–water partition coefficient (Wildman–Crippen LogP) is 4.02. The average Bonchev–Trinajstić information content (AvgIpc) is 2.93. The molecule has 10 nitrogen and oxygen atoms in total. The Hall–Kier alpha value is -4.32. The van der Waals surface area contributed by atoms with Gasteiger partial charge >= 0.3 is 6.16 Å². The summed E-state index contributed by atoms with van der Waals surface area (Å²) in [5.74, 6) is -1.96. The van der Waals surface area contributed by atoms with Crippen molar-refractivity contribution in [3.63, 3.8) is 0 Å². The zero-order valence-electron chi connectivity index (χ0n) is 21.3. The smallest absolute Gasteiger partial charge is 0.431 e. The molecular weight excluding hydrogens is 529 g/mol. The number of pyridine rings is 1. The lowest BCUT2D eigenvalue weighted by molar-refractivity contribution is 0.0538. The summed E-state index contributed by atoms with van der Waals surface area (Å²) in [5.41, 5.74) is 0.799. The summed E-state index contributed by atoms with van der Waals surface area (Å²) < 4.78 is 50.6. The summed E-state index contributed by atoms with van der Waals surface area (Å²) in [4.78, 5) is 40.4. The van der Waals surface area contributed by atoms with Gasteiger partial charge in [0.1, 0.15) is 11.9 Å². The van der Waals surface area contributed by atoms with E-state index in [1.807, 2.05) is 18.6 Å². The van der Waals surface area contributed by atoms with Crippen molar-refractivity contribution in [2.45, 2.75) is 44.1 Å². The van der Waals surface area contributed by atoms with Gasteiger partial charge in [0.15, 0.2) is 0 Å². The molecule has 3 aromatic rings. The molecule has 0 aliphatic carbocycles. The summed E-state index contributed by atoms with van der Waals surface area (Å²) in [7, 11) is -4.33. The van der Waals surface area contributed by atoms with E-state index in [4.69, 9.17) is 9.47 Å². The number of nitrogens with one attached hydrogen (secondary N) is 2. The molecule has 12 heteroatoms. The maximum absolute atomic E-state index is 13.0. The highest BCUT2D eigenvalue weighted by Crippen LogP contribution is 2.14. The standard InChI is InChI=1S/C27H28FN3O7S/c1-3-22(4-2)37-27(34)38-24-13-10-20(17-30-24)26(33)31-39(35,36)23-7-5-6-19(16-23)25(32)29-15-14-18-8-11-21(28)12-9-18/h5-13,16-17,22H,3-4,14-15H2,1-2H3,(H,29,32)(H,31,33). The zero-order chi connectivity index (χ0) is 28.4. The van der Waals surface area contributed by atoms with Crippen molar-refractivity contribution >= 4 is 28.0 Å². The van der Waals surface area contributed by atoms with E-state index in [0.717, 1.165) is 17.8 Å². The van der Waals surface area contributed by atoms with Crippen molar-refractivity contribution < 1.29 is 36.7 Å². The number of carbonyl (C=O) groups excluding carboxylic acids is 3. The number of amides is 2. The first-order valence-electron chi connectivity index (χ1n) is 12.2. The first kappa shape index (κ1) is 29.2. The van der Waals surface area contributed by atoms with Crippen LogP contribution in [0.2, 0.25) is 0 Å². The molecule has 0 bridgehead atoms. The Bertz CT molecular complexity index is 1410. The van der Waals surface area contributed by atoms with Crippen LogP contribution in [0.15, 0.2) is 71.8 Å². The van der Waals surface area contributed by atoms with Crippen molar-refractivity contribution in [2.75, 3.05) is 6.54 Å². The van der Waals surface area contributed by atoms with Gasteiger partial charge in [-0.1, -0.05) is 32.0 Å². The van der Waals surface area contributed by atoms with Crippen molar-refractivity contribution in [1.29, 1.82) is 0 Å². The summed E-state index contributed by atoms with van der Waals surface area (Å²) in [6.07, 6.45) is 1.52. The Morgan fingerprint density at radius 2 is 1.67 bits per heavy atom. The van der Waals surface area contributed by atoms with Gasteiger partial charge in [0, 0.05) is 24.4 Å². The highest BCUT2D eigenvalue weighted by atomic mass is 32.2. The van der Waals surface area contributed by atoms with E-state index in [1.165, 1.54) is 42.5 Å². The number of rotatable bonds is 11. The minimum absolute atomic E-state index is 0.0767. The minimum Gasteiger partial charge on any atom is -0.431 e. The van der Waals surface area contributed by atoms with Crippen LogP contribution in [-0.4, -0.2) is 44.0 Å². The third kappa shape index (κ3) is 8.60. The lowest BCUT2D eigenvalue weighted by Crippen LogP contribution is -2.31. The molecule has 2 amide bonds. The van der Waals surface area contributed by atoms with Gasteiger partial charge in [0.05, 0.1) is 10.5 Å². The Kier molecular flexibility index (Phi) is 10.1. The fourth-order valence-electron chi connectivity index (χ4n) is 3.39. The number of ether oxygens (including phenoxy) is 2. The van der Waals surface area contributed by atoms with Gasteiger partial charge < -0.3 is 14.8 Å². The monoisotopic (exact) mass is 557 g/mol. The number of sulfonamides is 1. The summed E-state index contributed by atoms with van der Waals surface area (Å²) in [6, 6.07) is 13.5. The second-order valence-electron chi connectivity index (χ2n) is 8.39. The fraction of sp³-hybridized carbons (Fsp3) is 0.259. The SMILES string of the molecule is CCC(CC)OC(=O)Oc1ccc(C(=O)NS(=O)(=O)c2cccc(C(=O)NCCc3ccc(F)cc3)c2)cn1. The topological polar surface area (TPSA) is 141 Å². The Labute approximate surface area is 225 Å². The predicted molar refractivity (Wildman–Crippen MR) is 139 cm³/mol. The van der Waals surface area contributed by atoms with Crippen molar-refractivity contribution in [2.24, 2.45) is 0 Å². The van der Waals surface area contributed by atoms with E-state index in [0.29, 0.717) is 19.3 Å². The van der Waals surface area contributed by atoms with E-state index in [9.17, 15) is 27.2 Å². The van der Waals surface area contributed by atoms with Crippen LogP contribution in [0.3, 0.4) is 0 Å². The van der Waals surface area contributed by atoms with E-state index in [1.54, 1.807) is 12.1 Å². The van der Waals surface area contributed by atoms with Crippen molar-refractivity contribution in [1.82, 2.24) is 15.0 Å². The van der Waals surface area contributed by atoms with Gasteiger partial charge in [0.2, 0.25) is 5.88 Å². The van der Waals surface area contributed by atoms with Crippen LogP contribution in [0.5, 0.6) is 5.88 Å². The molecule has 0 saturated carbocycles. The molecule has 2 aromatic carbocycles. The Morgan fingerprint density at radius 3 is 2.31 bits per heavy atom. The maximum atomic E-state index is 13.0. The quantitative estimate of drug-likeness (QED) is 0.337. The molecule has 0 saturated heterocycles. The molecule has 0 aliphatic rings. The highest BCUT2D eigenvalue weighted by molar-refractivity contribution is 7.90. The third-order valence-corrected chi connectivity index (χ3v) is 6.93. The maximum Gasteiger partial charge on any atom is 0.515 e. The Morgan fingerprint density at radius 1 is 0.949 bits per heavy atom.